The quantitative estimate of drug-likeness (QED) is 0.755. The van der Waals surface area contributed by atoms with Crippen molar-refractivity contribution in [3.05, 3.63) is 4.60 Å². The van der Waals surface area contributed by atoms with Gasteiger partial charge in [-0.2, -0.15) is 0 Å². The fourth-order valence-corrected chi connectivity index (χ4v) is 3.08. The highest BCUT2D eigenvalue weighted by Gasteiger charge is 2.32. The first-order valence-electron chi connectivity index (χ1n) is 4.23. The van der Waals surface area contributed by atoms with Crippen LogP contribution in [0.15, 0.2) is 9.63 Å². The van der Waals surface area contributed by atoms with Crippen molar-refractivity contribution in [1.82, 2.24) is 19.7 Å². The molecular formula is C6H9BrF2N4O3S. The second-order valence-electron chi connectivity index (χ2n) is 3.15. The number of aromatic nitrogens is 3. The predicted octanol–water partition coefficient (Wildman–Crippen LogP) is -0.517. The van der Waals surface area contributed by atoms with Crippen molar-refractivity contribution >= 4 is 26.0 Å². The number of nitrogens with one attached hydrogen (secondary N) is 1. The molecule has 0 amide bonds. The molecule has 0 unspecified atom stereocenters. The van der Waals surface area contributed by atoms with E-state index in [4.69, 9.17) is 5.11 Å². The van der Waals surface area contributed by atoms with Gasteiger partial charge in [0.05, 0.1) is 6.54 Å². The minimum atomic E-state index is -4.17. The van der Waals surface area contributed by atoms with Crippen molar-refractivity contribution in [3.63, 3.8) is 0 Å². The van der Waals surface area contributed by atoms with Crippen LogP contribution in [-0.4, -0.2) is 47.6 Å². The summed E-state index contributed by atoms with van der Waals surface area (Å²) in [7, 11) is -2.87. The summed E-state index contributed by atoms with van der Waals surface area (Å²) in [6, 6.07) is 0. The van der Waals surface area contributed by atoms with Crippen LogP contribution in [0.1, 0.15) is 0 Å². The lowest BCUT2D eigenvalue weighted by molar-refractivity contribution is -0.0437. The molecule has 0 saturated carbocycles. The Morgan fingerprint density at radius 3 is 2.59 bits per heavy atom. The van der Waals surface area contributed by atoms with E-state index in [1.54, 1.807) is 4.72 Å². The number of aliphatic hydroxyl groups is 1. The molecule has 0 aliphatic carbocycles. The Balaban J connectivity index is 2.91. The molecule has 0 atom stereocenters. The number of halogens is 3. The molecule has 0 fully saturated rings. The maximum atomic E-state index is 12.7. The number of aryl methyl sites for hydroxylation is 1. The van der Waals surface area contributed by atoms with E-state index in [0.29, 0.717) is 0 Å². The Morgan fingerprint density at radius 1 is 1.59 bits per heavy atom. The van der Waals surface area contributed by atoms with Gasteiger partial charge in [0.25, 0.3) is 15.9 Å². The van der Waals surface area contributed by atoms with Crippen LogP contribution in [0.5, 0.6) is 0 Å². The molecule has 1 heterocycles. The van der Waals surface area contributed by atoms with E-state index in [1.807, 2.05) is 0 Å². The molecule has 17 heavy (non-hydrogen) atoms. The van der Waals surface area contributed by atoms with Gasteiger partial charge >= 0.3 is 0 Å². The molecule has 1 rings (SSSR count). The first-order chi connectivity index (χ1) is 7.69. The summed E-state index contributed by atoms with van der Waals surface area (Å²) in [4.78, 5) is 0. The summed E-state index contributed by atoms with van der Waals surface area (Å²) >= 11 is 2.84. The molecule has 0 bridgehead atoms. The highest BCUT2D eigenvalue weighted by Crippen LogP contribution is 2.18. The van der Waals surface area contributed by atoms with Crippen LogP contribution in [0.2, 0.25) is 0 Å². The lowest BCUT2D eigenvalue weighted by Crippen LogP contribution is -2.39. The zero-order valence-corrected chi connectivity index (χ0v) is 11.0. The average Bonchev–Trinajstić information content (AvgIpc) is 2.57. The van der Waals surface area contributed by atoms with Gasteiger partial charge in [-0.3, -0.25) is 0 Å². The first-order valence-corrected chi connectivity index (χ1v) is 6.51. The van der Waals surface area contributed by atoms with E-state index in [0.717, 1.165) is 4.68 Å². The second kappa shape index (κ2) is 4.92. The van der Waals surface area contributed by atoms with E-state index >= 15 is 0 Å². The number of sulfonamides is 1. The number of hydrogen-bond acceptors (Lipinski definition) is 5. The fraction of sp³-hybridized carbons (Fsp3) is 0.667. The van der Waals surface area contributed by atoms with Crippen molar-refractivity contribution < 1.29 is 22.3 Å². The van der Waals surface area contributed by atoms with E-state index < -0.39 is 29.1 Å². The lowest BCUT2D eigenvalue weighted by Gasteiger charge is -2.14. The number of alkyl halides is 2. The van der Waals surface area contributed by atoms with Crippen molar-refractivity contribution in [2.45, 2.75) is 10.9 Å². The smallest absolute Gasteiger partial charge is 0.283 e. The van der Waals surface area contributed by atoms with Gasteiger partial charge in [0, 0.05) is 7.05 Å². The van der Waals surface area contributed by atoms with Crippen molar-refractivity contribution in [2.75, 3.05) is 13.2 Å². The molecule has 0 aliphatic heterocycles. The van der Waals surface area contributed by atoms with E-state index in [2.05, 4.69) is 26.2 Å². The molecule has 11 heteroatoms. The van der Waals surface area contributed by atoms with Crippen LogP contribution < -0.4 is 4.72 Å². The number of hydrogen-bond donors (Lipinski definition) is 2. The molecule has 7 nitrogen and oxygen atoms in total. The Hall–Kier alpha value is -0.650. The van der Waals surface area contributed by atoms with Gasteiger partial charge in [0.1, 0.15) is 6.61 Å². The van der Waals surface area contributed by atoms with Crippen LogP contribution in [0.3, 0.4) is 0 Å². The topological polar surface area (TPSA) is 97.1 Å². The van der Waals surface area contributed by atoms with E-state index in [-0.39, 0.29) is 9.63 Å². The Labute approximate surface area is 104 Å². The summed E-state index contributed by atoms with van der Waals surface area (Å²) in [5, 5.41) is 14.8. The van der Waals surface area contributed by atoms with Gasteiger partial charge in [0.15, 0.2) is 4.60 Å². The fourth-order valence-electron chi connectivity index (χ4n) is 0.933. The highest BCUT2D eigenvalue weighted by atomic mass is 79.9. The van der Waals surface area contributed by atoms with E-state index in [1.165, 1.54) is 7.05 Å². The summed E-state index contributed by atoms with van der Waals surface area (Å²) in [6.45, 7) is -2.65. The van der Waals surface area contributed by atoms with Gasteiger partial charge in [-0.1, -0.05) is 5.21 Å². The van der Waals surface area contributed by atoms with Crippen LogP contribution in [0.4, 0.5) is 8.78 Å². The Morgan fingerprint density at radius 2 is 2.18 bits per heavy atom. The normalized spacial score (nSPS) is 13.0. The standard InChI is InChI=1S/C6H9BrF2N4O3S/c1-13-5(4(7)11-12-13)17(15,16)10-2-6(8,9)3-14/h10,14H,2-3H2,1H3. The third-order valence-corrected chi connectivity index (χ3v) is 4.03. The Kier molecular flexibility index (Phi) is 4.17. The summed E-state index contributed by atoms with van der Waals surface area (Å²) < 4.78 is 51.2. The second-order valence-corrected chi connectivity index (χ2v) is 5.58. The Bertz CT molecular complexity index is 484. The van der Waals surface area contributed by atoms with Crippen LogP contribution in [-0.2, 0) is 17.1 Å². The monoisotopic (exact) mass is 334 g/mol. The van der Waals surface area contributed by atoms with Gasteiger partial charge in [-0.15, -0.1) is 5.10 Å². The molecule has 1 aromatic rings. The maximum absolute atomic E-state index is 12.7. The molecule has 0 saturated heterocycles. The summed E-state index contributed by atoms with van der Waals surface area (Å²) in [5.41, 5.74) is 0. The van der Waals surface area contributed by atoms with Crippen molar-refractivity contribution in [1.29, 1.82) is 0 Å². The van der Waals surface area contributed by atoms with E-state index in [9.17, 15) is 17.2 Å². The minimum absolute atomic E-state index is 0.0835. The molecule has 1 aromatic heterocycles. The minimum Gasteiger partial charge on any atom is -0.390 e. The molecule has 0 aliphatic rings. The van der Waals surface area contributed by atoms with Crippen LogP contribution in [0.25, 0.3) is 0 Å². The SMILES string of the molecule is Cn1nnc(Br)c1S(=O)(=O)NCC(F)(F)CO. The van der Waals surface area contributed by atoms with Crippen LogP contribution >= 0.6 is 15.9 Å². The maximum Gasteiger partial charge on any atom is 0.283 e. The third kappa shape index (κ3) is 3.40. The molecular weight excluding hydrogens is 326 g/mol. The first kappa shape index (κ1) is 14.4. The molecule has 2 N–H and O–H groups in total. The van der Waals surface area contributed by atoms with Gasteiger partial charge in [0.2, 0.25) is 5.03 Å². The van der Waals surface area contributed by atoms with Gasteiger partial charge in [-0.05, 0) is 15.9 Å². The van der Waals surface area contributed by atoms with Crippen molar-refractivity contribution in [3.8, 4) is 0 Å². The number of rotatable bonds is 5. The molecule has 0 radical (unpaired) electrons. The van der Waals surface area contributed by atoms with Crippen molar-refractivity contribution in [2.24, 2.45) is 7.05 Å². The lowest BCUT2D eigenvalue weighted by atomic mass is 10.4. The van der Waals surface area contributed by atoms with Gasteiger partial charge in [-0.25, -0.2) is 26.6 Å². The molecule has 0 spiro atoms. The van der Waals surface area contributed by atoms with Gasteiger partial charge < -0.3 is 5.11 Å². The highest BCUT2D eigenvalue weighted by molar-refractivity contribution is 9.10. The summed E-state index contributed by atoms with van der Waals surface area (Å²) in [5.74, 6) is -3.52. The van der Waals surface area contributed by atoms with Crippen LogP contribution in [0, 0.1) is 0 Å². The molecule has 98 valence electrons. The number of nitrogens with zero attached hydrogens (tertiary/aromatic N) is 3. The zero-order chi connectivity index (χ0) is 13.3. The molecule has 0 aromatic carbocycles. The number of aliphatic hydroxyl groups excluding tert-OH is 1. The predicted molar refractivity (Wildman–Crippen MR) is 55.9 cm³/mol. The summed E-state index contributed by atoms with van der Waals surface area (Å²) in [6.07, 6.45) is 0. The zero-order valence-electron chi connectivity index (χ0n) is 8.56. The third-order valence-electron chi connectivity index (χ3n) is 1.74. The largest absolute Gasteiger partial charge is 0.390 e. The average molecular weight is 335 g/mol.